The van der Waals surface area contributed by atoms with Crippen molar-refractivity contribution in [3.63, 3.8) is 0 Å². The number of benzene rings is 2. The van der Waals surface area contributed by atoms with Crippen LogP contribution in [0.5, 0.6) is 5.75 Å². The van der Waals surface area contributed by atoms with Gasteiger partial charge in [-0.2, -0.15) is 0 Å². The smallest absolute Gasteiger partial charge is 0.306 e. The Morgan fingerprint density at radius 1 is 1.07 bits per heavy atom. The fourth-order valence-electron chi connectivity index (χ4n) is 5.25. The highest BCUT2D eigenvalue weighted by molar-refractivity contribution is 5.90. The van der Waals surface area contributed by atoms with Crippen molar-refractivity contribution in [2.24, 2.45) is 11.8 Å². The van der Waals surface area contributed by atoms with E-state index in [0.717, 1.165) is 57.0 Å². The van der Waals surface area contributed by atoms with Crippen molar-refractivity contribution in [1.29, 1.82) is 0 Å². The third kappa shape index (κ3) is 4.64. The van der Waals surface area contributed by atoms with E-state index in [4.69, 9.17) is 4.74 Å². The summed E-state index contributed by atoms with van der Waals surface area (Å²) >= 11 is 0. The molecule has 2 aromatic rings. The maximum atomic E-state index is 11.3. The van der Waals surface area contributed by atoms with E-state index in [0.29, 0.717) is 6.10 Å². The summed E-state index contributed by atoms with van der Waals surface area (Å²) in [7, 11) is 0. The average molecular weight is 410 g/mol. The third-order valence-electron chi connectivity index (χ3n) is 7.31. The minimum Gasteiger partial charge on any atom is -0.490 e. The van der Waals surface area contributed by atoms with Gasteiger partial charge in [-0.3, -0.25) is 9.69 Å². The predicted octanol–water partition coefficient (Wildman–Crippen LogP) is 5.79. The first-order chi connectivity index (χ1) is 14.5. The van der Waals surface area contributed by atoms with Crippen LogP contribution in [-0.2, 0) is 11.3 Å². The van der Waals surface area contributed by atoms with Gasteiger partial charge in [0.05, 0.1) is 12.0 Å². The second-order valence-corrected chi connectivity index (χ2v) is 9.27. The summed E-state index contributed by atoms with van der Waals surface area (Å²) in [5.74, 6) is 1.05. The molecule has 0 unspecified atom stereocenters. The number of aryl methyl sites for hydroxylation is 1. The zero-order valence-electron chi connectivity index (χ0n) is 18.4. The molecule has 0 spiro atoms. The Morgan fingerprint density at radius 2 is 1.73 bits per heavy atom. The Balaban J connectivity index is 1.57. The highest BCUT2D eigenvalue weighted by atomic mass is 16.5. The SMILES string of the molecule is CC[C@H]1CC[C@@H](Oc2cc(C)c3ccccc3c2CN2CCC(C(=O)O)CC2)CC1. The van der Waals surface area contributed by atoms with Gasteiger partial charge in [-0.1, -0.05) is 37.6 Å². The normalized spacial score (nSPS) is 23.5. The van der Waals surface area contributed by atoms with Crippen molar-refractivity contribution in [3.05, 3.63) is 41.5 Å². The lowest BCUT2D eigenvalue weighted by atomic mass is 9.86. The minimum absolute atomic E-state index is 0.194. The molecule has 2 fully saturated rings. The van der Waals surface area contributed by atoms with Gasteiger partial charge in [0.1, 0.15) is 5.75 Å². The average Bonchev–Trinajstić information content (AvgIpc) is 2.77. The molecule has 2 aliphatic rings. The van der Waals surface area contributed by atoms with Gasteiger partial charge in [-0.25, -0.2) is 0 Å². The van der Waals surface area contributed by atoms with Crippen LogP contribution in [0, 0.1) is 18.8 Å². The fraction of sp³-hybridized carbons (Fsp3) is 0.577. The number of rotatable bonds is 6. The molecule has 4 rings (SSSR count). The molecule has 1 aliphatic heterocycles. The number of fused-ring (bicyclic) bond motifs is 1. The molecule has 162 valence electrons. The lowest BCUT2D eigenvalue weighted by Crippen LogP contribution is -2.36. The van der Waals surface area contributed by atoms with Crippen molar-refractivity contribution in [2.45, 2.75) is 71.4 Å². The van der Waals surface area contributed by atoms with Gasteiger partial charge in [-0.15, -0.1) is 0 Å². The summed E-state index contributed by atoms with van der Waals surface area (Å²) in [6.07, 6.45) is 7.88. The Kier molecular flexibility index (Phi) is 6.62. The molecule has 1 saturated carbocycles. The van der Waals surface area contributed by atoms with Crippen molar-refractivity contribution in [1.82, 2.24) is 4.90 Å². The van der Waals surface area contributed by atoms with Crippen molar-refractivity contribution in [3.8, 4) is 5.75 Å². The summed E-state index contributed by atoms with van der Waals surface area (Å²) in [6.45, 7) is 6.96. The number of likely N-dealkylation sites (tertiary alicyclic amines) is 1. The second-order valence-electron chi connectivity index (χ2n) is 9.27. The van der Waals surface area contributed by atoms with Crippen LogP contribution in [0.3, 0.4) is 0 Å². The highest BCUT2D eigenvalue weighted by Gasteiger charge is 2.27. The minimum atomic E-state index is -0.651. The molecule has 2 aromatic carbocycles. The molecule has 1 saturated heterocycles. The summed E-state index contributed by atoms with van der Waals surface area (Å²) in [5.41, 5.74) is 2.53. The van der Waals surface area contributed by atoms with Gasteiger partial charge in [0.2, 0.25) is 0 Å². The number of carboxylic acids is 1. The number of piperidine rings is 1. The van der Waals surface area contributed by atoms with Gasteiger partial charge in [0.15, 0.2) is 0 Å². The zero-order valence-corrected chi connectivity index (χ0v) is 18.4. The van der Waals surface area contributed by atoms with Gasteiger partial charge < -0.3 is 9.84 Å². The van der Waals surface area contributed by atoms with E-state index in [1.54, 1.807) is 0 Å². The molecule has 0 amide bonds. The summed E-state index contributed by atoms with van der Waals surface area (Å²) in [6, 6.07) is 10.8. The monoisotopic (exact) mass is 409 g/mol. The van der Waals surface area contributed by atoms with Crippen LogP contribution in [0.2, 0.25) is 0 Å². The van der Waals surface area contributed by atoms with Crippen molar-refractivity contribution < 1.29 is 14.6 Å². The second kappa shape index (κ2) is 9.38. The molecular weight excluding hydrogens is 374 g/mol. The van der Waals surface area contributed by atoms with E-state index in [1.807, 2.05) is 0 Å². The van der Waals surface area contributed by atoms with Crippen LogP contribution in [0.15, 0.2) is 30.3 Å². The van der Waals surface area contributed by atoms with Crippen LogP contribution < -0.4 is 4.74 Å². The Bertz CT molecular complexity index is 877. The van der Waals surface area contributed by atoms with Crippen LogP contribution in [0.25, 0.3) is 10.8 Å². The first kappa shape index (κ1) is 21.2. The number of hydrogen-bond acceptors (Lipinski definition) is 3. The maximum absolute atomic E-state index is 11.3. The lowest BCUT2D eigenvalue weighted by Gasteiger charge is -2.32. The molecule has 0 aromatic heterocycles. The molecule has 1 aliphatic carbocycles. The van der Waals surface area contributed by atoms with E-state index in [9.17, 15) is 9.90 Å². The van der Waals surface area contributed by atoms with Crippen molar-refractivity contribution in [2.75, 3.05) is 13.1 Å². The molecule has 4 nitrogen and oxygen atoms in total. The standard InChI is InChI=1S/C26H35NO3/c1-3-19-8-10-21(11-9-19)30-25-16-18(2)22-6-4-5-7-23(22)24(25)17-27-14-12-20(13-15-27)26(28)29/h4-7,16,19-21H,3,8-15,17H2,1-2H3,(H,28,29)/t19-,21+. The number of nitrogens with zero attached hydrogens (tertiary/aromatic N) is 1. The van der Waals surface area contributed by atoms with Crippen LogP contribution in [0.4, 0.5) is 0 Å². The Morgan fingerprint density at radius 3 is 2.37 bits per heavy atom. The number of hydrogen-bond donors (Lipinski definition) is 1. The van der Waals surface area contributed by atoms with E-state index in [2.05, 4.69) is 49.1 Å². The van der Waals surface area contributed by atoms with Gasteiger partial charge in [-0.05, 0) is 86.9 Å². The first-order valence-corrected chi connectivity index (χ1v) is 11.7. The number of carbonyl (C=O) groups is 1. The van der Waals surface area contributed by atoms with E-state index in [1.165, 1.54) is 41.2 Å². The molecule has 4 heteroatoms. The fourth-order valence-corrected chi connectivity index (χ4v) is 5.25. The lowest BCUT2D eigenvalue weighted by molar-refractivity contribution is -0.143. The van der Waals surface area contributed by atoms with Crippen molar-refractivity contribution >= 4 is 16.7 Å². The van der Waals surface area contributed by atoms with Crippen LogP contribution in [-0.4, -0.2) is 35.2 Å². The molecular formula is C26H35NO3. The number of ether oxygens (including phenoxy) is 1. The van der Waals surface area contributed by atoms with E-state index < -0.39 is 5.97 Å². The van der Waals surface area contributed by atoms with Gasteiger partial charge in [0.25, 0.3) is 0 Å². The van der Waals surface area contributed by atoms with Crippen LogP contribution >= 0.6 is 0 Å². The topological polar surface area (TPSA) is 49.8 Å². The number of carboxylic acid groups (broad SMARTS) is 1. The number of aliphatic carboxylic acids is 1. The summed E-state index contributed by atoms with van der Waals surface area (Å²) < 4.78 is 6.65. The molecule has 1 N–H and O–H groups in total. The molecule has 30 heavy (non-hydrogen) atoms. The maximum Gasteiger partial charge on any atom is 0.306 e. The largest absolute Gasteiger partial charge is 0.490 e. The molecule has 0 bridgehead atoms. The zero-order chi connectivity index (χ0) is 21.1. The van der Waals surface area contributed by atoms with E-state index in [-0.39, 0.29) is 5.92 Å². The summed E-state index contributed by atoms with van der Waals surface area (Å²) in [5, 5.41) is 11.9. The Labute approximate surface area is 180 Å². The molecule has 1 heterocycles. The highest BCUT2D eigenvalue weighted by Crippen LogP contribution is 2.36. The Hall–Kier alpha value is -2.07. The third-order valence-corrected chi connectivity index (χ3v) is 7.31. The molecule has 0 radical (unpaired) electrons. The summed E-state index contributed by atoms with van der Waals surface area (Å²) in [4.78, 5) is 13.7. The first-order valence-electron chi connectivity index (χ1n) is 11.7. The van der Waals surface area contributed by atoms with Crippen LogP contribution in [0.1, 0.15) is 63.0 Å². The quantitative estimate of drug-likeness (QED) is 0.656. The predicted molar refractivity (Wildman–Crippen MR) is 121 cm³/mol. The van der Waals surface area contributed by atoms with E-state index >= 15 is 0 Å². The van der Waals surface area contributed by atoms with Gasteiger partial charge in [0, 0.05) is 12.1 Å². The molecule has 0 atom stereocenters. The van der Waals surface area contributed by atoms with Gasteiger partial charge >= 0.3 is 5.97 Å².